The van der Waals surface area contributed by atoms with Crippen molar-refractivity contribution in [2.75, 3.05) is 11.9 Å². The molecule has 0 spiro atoms. The van der Waals surface area contributed by atoms with Gasteiger partial charge in [0.15, 0.2) is 0 Å². The Morgan fingerprint density at radius 1 is 1.35 bits per heavy atom. The number of aromatic nitrogens is 2. The first-order chi connectivity index (χ1) is 8.16. The van der Waals surface area contributed by atoms with Crippen LogP contribution >= 0.6 is 15.9 Å². The number of pyridine rings is 2. The highest BCUT2D eigenvalue weighted by Crippen LogP contribution is 2.20. The van der Waals surface area contributed by atoms with Crippen LogP contribution < -0.4 is 4.90 Å². The van der Waals surface area contributed by atoms with E-state index in [-0.39, 0.29) is 0 Å². The molecule has 0 aromatic carbocycles. The normalized spacial score (nSPS) is 10.3. The van der Waals surface area contributed by atoms with Gasteiger partial charge in [-0.3, -0.25) is 4.98 Å². The minimum absolute atomic E-state index is 0.809. The number of hydrogen-bond acceptors (Lipinski definition) is 3. The second-order valence-electron chi connectivity index (χ2n) is 4.01. The molecule has 0 atom stereocenters. The zero-order chi connectivity index (χ0) is 12.3. The molecule has 2 aromatic heterocycles. The van der Waals surface area contributed by atoms with E-state index in [1.165, 1.54) is 5.56 Å². The fourth-order valence-electron chi connectivity index (χ4n) is 1.77. The molecule has 0 saturated carbocycles. The lowest BCUT2D eigenvalue weighted by molar-refractivity contribution is 0.884. The van der Waals surface area contributed by atoms with Gasteiger partial charge < -0.3 is 4.90 Å². The Balaban J connectivity index is 2.17. The first-order valence-corrected chi connectivity index (χ1v) is 6.18. The van der Waals surface area contributed by atoms with Crippen LogP contribution in [0.25, 0.3) is 0 Å². The van der Waals surface area contributed by atoms with E-state index in [2.05, 4.69) is 49.9 Å². The summed E-state index contributed by atoms with van der Waals surface area (Å²) in [4.78, 5) is 10.7. The molecule has 0 fully saturated rings. The van der Waals surface area contributed by atoms with E-state index < -0.39 is 0 Å². The maximum absolute atomic E-state index is 4.43. The smallest absolute Gasteiger partial charge is 0.131 e. The van der Waals surface area contributed by atoms with E-state index in [0.29, 0.717) is 0 Å². The molecule has 0 amide bonds. The molecule has 0 radical (unpaired) electrons. The zero-order valence-electron chi connectivity index (χ0n) is 9.89. The van der Waals surface area contributed by atoms with Crippen LogP contribution in [0.3, 0.4) is 0 Å². The maximum atomic E-state index is 4.43. The van der Waals surface area contributed by atoms with Crippen LogP contribution in [0.1, 0.15) is 11.1 Å². The van der Waals surface area contributed by atoms with Crippen molar-refractivity contribution in [3.05, 3.63) is 52.4 Å². The lowest BCUT2D eigenvalue weighted by Gasteiger charge is -2.20. The van der Waals surface area contributed by atoms with E-state index in [1.54, 1.807) is 6.20 Å². The molecular weight excluding hydrogens is 278 g/mol. The molecule has 2 aromatic rings. The fraction of sp³-hybridized carbons (Fsp3) is 0.231. The third-order valence-corrected chi connectivity index (χ3v) is 2.96. The Morgan fingerprint density at radius 3 is 2.82 bits per heavy atom. The predicted octanol–water partition coefficient (Wildman–Crippen LogP) is 3.18. The highest BCUT2D eigenvalue weighted by atomic mass is 79.9. The van der Waals surface area contributed by atoms with Crippen molar-refractivity contribution in [3.63, 3.8) is 0 Å². The van der Waals surface area contributed by atoms with Crippen LogP contribution in [0.5, 0.6) is 0 Å². The van der Waals surface area contributed by atoms with E-state index in [9.17, 15) is 0 Å². The fourth-order valence-corrected chi connectivity index (χ4v) is 2.22. The van der Waals surface area contributed by atoms with Crippen LogP contribution in [0.4, 0.5) is 5.82 Å². The maximum Gasteiger partial charge on any atom is 0.131 e. The topological polar surface area (TPSA) is 29.0 Å². The molecule has 0 aliphatic heterocycles. The monoisotopic (exact) mass is 291 g/mol. The Hall–Kier alpha value is -1.42. The van der Waals surface area contributed by atoms with Crippen molar-refractivity contribution >= 4 is 21.7 Å². The van der Waals surface area contributed by atoms with Crippen molar-refractivity contribution < 1.29 is 0 Å². The minimum atomic E-state index is 0.809. The van der Waals surface area contributed by atoms with Crippen molar-refractivity contribution in [1.82, 2.24) is 9.97 Å². The zero-order valence-corrected chi connectivity index (χ0v) is 11.5. The Kier molecular flexibility index (Phi) is 3.74. The van der Waals surface area contributed by atoms with E-state index >= 15 is 0 Å². The predicted molar refractivity (Wildman–Crippen MR) is 73.0 cm³/mol. The summed E-state index contributed by atoms with van der Waals surface area (Å²) in [7, 11) is 2.04. The summed E-state index contributed by atoms with van der Waals surface area (Å²) in [6.45, 7) is 2.87. The van der Waals surface area contributed by atoms with Crippen LogP contribution in [0, 0.1) is 6.92 Å². The van der Waals surface area contributed by atoms with Crippen molar-refractivity contribution in [1.29, 1.82) is 0 Å². The van der Waals surface area contributed by atoms with E-state index in [4.69, 9.17) is 0 Å². The van der Waals surface area contributed by atoms with Crippen molar-refractivity contribution in [3.8, 4) is 0 Å². The third kappa shape index (κ3) is 3.03. The summed E-state index contributed by atoms with van der Waals surface area (Å²) in [6.07, 6.45) is 5.49. The van der Waals surface area contributed by atoms with Gasteiger partial charge in [-0.15, -0.1) is 0 Å². The average Bonchev–Trinajstić information content (AvgIpc) is 2.30. The largest absolute Gasteiger partial charge is 0.355 e. The summed E-state index contributed by atoms with van der Waals surface area (Å²) in [5, 5.41) is 0. The lowest BCUT2D eigenvalue weighted by Crippen LogP contribution is -2.18. The first kappa shape index (κ1) is 12.0. The van der Waals surface area contributed by atoms with E-state index in [1.807, 2.05) is 25.5 Å². The molecule has 0 N–H and O–H groups in total. The quantitative estimate of drug-likeness (QED) is 0.870. The standard InChI is InChI=1S/C13H14BrN3/c1-10-6-12(14)8-16-13(10)17(2)9-11-4-3-5-15-7-11/h3-8H,9H2,1-2H3. The summed E-state index contributed by atoms with van der Waals surface area (Å²) < 4.78 is 1.01. The number of hydrogen-bond donors (Lipinski definition) is 0. The van der Waals surface area contributed by atoms with Crippen LogP contribution in [0.2, 0.25) is 0 Å². The lowest BCUT2D eigenvalue weighted by atomic mass is 10.2. The van der Waals surface area contributed by atoms with Gasteiger partial charge in [0.2, 0.25) is 0 Å². The van der Waals surface area contributed by atoms with Gasteiger partial charge in [0.1, 0.15) is 5.82 Å². The van der Waals surface area contributed by atoms with Gasteiger partial charge >= 0.3 is 0 Å². The molecule has 0 aliphatic carbocycles. The Bertz CT molecular complexity index is 499. The molecule has 4 heteroatoms. The molecule has 2 rings (SSSR count). The molecule has 0 aliphatic rings. The SMILES string of the molecule is Cc1cc(Br)cnc1N(C)Cc1cccnc1. The Morgan fingerprint density at radius 2 is 2.18 bits per heavy atom. The van der Waals surface area contributed by atoms with Gasteiger partial charge in [-0.05, 0) is 46.1 Å². The van der Waals surface area contributed by atoms with Crippen molar-refractivity contribution in [2.45, 2.75) is 13.5 Å². The van der Waals surface area contributed by atoms with Gasteiger partial charge in [-0.1, -0.05) is 6.07 Å². The van der Waals surface area contributed by atoms with Crippen molar-refractivity contribution in [2.24, 2.45) is 0 Å². The van der Waals surface area contributed by atoms with Crippen LogP contribution in [-0.2, 0) is 6.54 Å². The summed E-state index contributed by atoms with van der Waals surface area (Å²) in [6, 6.07) is 6.09. The van der Waals surface area contributed by atoms with Gasteiger partial charge in [-0.2, -0.15) is 0 Å². The number of aryl methyl sites for hydroxylation is 1. The van der Waals surface area contributed by atoms with Crippen LogP contribution in [-0.4, -0.2) is 17.0 Å². The third-order valence-electron chi connectivity index (χ3n) is 2.52. The minimum Gasteiger partial charge on any atom is -0.355 e. The summed E-state index contributed by atoms with van der Waals surface area (Å²) in [5.41, 5.74) is 2.34. The summed E-state index contributed by atoms with van der Waals surface area (Å²) in [5.74, 6) is 0.997. The molecule has 88 valence electrons. The number of halogens is 1. The van der Waals surface area contributed by atoms with Crippen LogP contribution in [0.15, 0.2) is 41.3 Å². The Labute approximate surface area is 110 Å². The number of rotatable bonds is 3. The highest BCUT2D eigenvalue weighted by molar-refractivity contribution is 9.10. The number of nitrogens with zero attached hydrogens (tertiary/aromatic N) is 3. The average molecular weight is 292 g/mol. The summed E-state index contributed by atoms with van der Waals surface area (Å²) >= 11 is 3.42. The van der Waals surface area contributed by atoms with Gasteiger partial charge in [0.25, 0.3) is 0 Å². The molecular formula is C13H14BrN3. The van der Waals surface area contributed by atoms with E-state index in [0.717, 1.165) is 22.4 Å². The highest BCUT2D eigenvalue weighted by Gasteiger charge is 2.07. The molecule has 2 heterocycles. The molecule has 17 heavy (non-hydrogen) atoms. The molecule has 0 saturated heterocycles. The molecule has 0 bridgehead atoms. The molecule has 0 unspecified atom stereocenters. The second kappa shape index (κ2) is 5.27. The first-order valence-electron chi connectivity index (χ1n) is 5.39. The van der Waals surface area contributed by atoms with Gasteiger partial charge in [0, 0.05) is 36.7 Å². The molecule has 3 nitrogen and oxygen atoms in total. The second-order valence-corrected chi connectivity index (χ2v) is 4.93. The number of anilines is 1. The van der Waals surface area contributed by atoms with Gasteiger partial charge in [-0.25, -0.2) is 4.98 Å². The van der Waals surface area contributed by atoms with Gasteiger partial charge in [0.05, 0.1) is 0 Å².